The minimum atomic E-state index is -2.19. The van der Waals surface area contributed by atoms with Crippen molar-refractivity contribution in [1.82, 2.24) is 26.6 Å². The van der Waals surface area contributed by atoms with Crippen LogP contribution in [-0.4, -0.2) is 345 Å². The van der Waals surface area contributed by atoms with E-state index in [-0.39, 0.29) is 94.7 Å². The Morgan fingerprint density at radius 1 is 0.309 bits per heavy atom. The predicted molar refractivity (Wildman–Crippen MR) is 246 cm³/mol. The van der Waals surface area contributed by atoms with E-state index < -0.39 is 251 Å². The molecule has 0 aromatic rings. The molecule has 81 heavy (non-hydrogen) atoms. The number of nitrogens with one attached hydrogen (secondary N) is 7. The Bertz CT molecular complexity index is 2140. The monoisotopic (exact) mass is 1600 g/mol. The molecule has 0 bridgehead atoms. The summed E-state index contributed by atoms with van der Waals surface area (Å²) in [5.74, 6) is -7.76. The Hall–Kier alpha value is -1.30. The quantitative estimate of drug-likeness (QED) is 0.0643. The van der Waals surface area contributed by atoms with Gasteiger partial charge in [-0.1, -0.05) is 12.1 Å². The van der Waals surface area contributed by atoms with E-state index in [1.807, 2.05) is 0 Å². The summed E-state index contributed by atoms with van der Waals surface area (Å²) in [5.41, 5.74) is 21.5. The number of carboxylic acid groups (broad SMARTS) is 1. The largest absolute Gasteiger partial charge is 0.670 e. The summed E-state index contributed by atoms with van der Waals surface area (Å²) in [7, 11) is 0. The molecule has 458 valence electrons. The van der Waals surface area contributed by atoms with E-state index in [4.69, 9.17) is 45.6 Å². The summed E-state index contributed by atoms with van der Waals surface area (Å²) in [6.45, 7) is -4.23. The molecule has 6 saturated heterocycles. The van der Waals surface area contributed by atoms with Crippen molar-refractivity contribution in [3.8, 4) is 0 Å². The van der Waals surface area contributed by atoms with Crippen LogP contribution < -0.4 is 32.3 Å². The molecule has 6 rings (SSSR count). The Kier molecular flexibility index (Phi) is 27.7. The molecule has 6 aliphatic rings. The molecular formula is C42H68Ac2N8O29-2. The number of carboxylic acids is 1. The van der Waals surface area contributed by atoms with Crippen LogP contribution in [0.4, 0.5) is 0 Å². The summed E-state index contributed by atoms with van der Waals surface area (Å²) in [5, 5.41) is 188. The maximum atomic E-state index is 13.4. The normalized spacial score (nSPS) is 45.4. The molecule has 0 aliphatic carbocycles. The molecule has 30 atom stereocenters. The summed E-state index contributed by atoms with van der Waals surface area (Å²) in [4.78, 5) is 77.6. The number of carbonyl (C=O) groups is 6. The second kappa shape index (κ2) is 31.1. The fourth-order valence-electron chi connectivity index (χ4n) is 9.58. The minimum absolute atomic E-state index is 0. The van der Waals surface area contributed by atoms with Crippen molar-refractivity contribution in [2.75, 3.05) is 39.3 Å². The number of aliphatic hydroxyl groups is 16. The van der Waals surface area contributed by atoms with Gasteiger partial charge in [-0.25, -0.2) is 4.79 Å². The molecule has 2 radical (unpaired) electrons. The van der Waals surface area contributed by atoms with E-state index in [9.17, 15) is 116 Å². The molecule has 26 N–H and O–H groups in total. The van der Waals surface area contributed by atoms with E-state index >= 15 is 0 Å². The van der Waals surface area contributed by atoms with E-state index in [1.54, 1.807) is 0 Å². The zero-order valence-corrected chi connectivity index (χ0v) is 51.8. The van der Waals surface area contributed by atoms with Crippen molar-refractivity contribution in [2.45, 2.75) is 183 Å². The van der Waals surface area contributed by atoms with Gasteiger partial charge in [-0.05, 0) is 0 Å². The number of aliphatic carboxylic acids is 1. The minimum Gasteiger partial charge on any atom is -0.670 e. The smallest absolute Gasteiger partial charge is 0.331 e. The van der Waals surface area contributed by atoms with Gasteiger partial charge in [0.25, 0.3) is 23.6 Å². The maximum Gasteiger partial charge on any atom is 0.331 e. The van der Waals surface area contributed by atoms with Crippen molar-refractivity contribution in [3.63, 3.8) is 0 Å². The van der Waals surface area contributed by atoms with Gasteiger partial charge in [0.15, 0.2) is 24.4 Å². The molecule has 5 amide bonds. The number of hydrogen-bond donors (Lipinski definition) is 23. The van der Waals surface area contributed by atoms with Crippen molar-refractivity contribution < 1.29 is 232 Å². The van der Waals surface area contributed by atoms with Crippen LogP contribution in [0.5, 0.6) is 0 Å². The standard InChI is InChI=1S/C42H68N8O29.2Ac/c43-1-7-15(51)23(59)27(63)33(74-7)38(68)47-2-8-16(52)21(57)13(44)31(75-8)37(67)46-4-10-18(54)24(60)28(64)35(77-10)40(70)49-6-12-20(56)26(62)30(66)36(79-12)41(71)50-5-11-19(55)25(61)29(65)34(78-11)39(69)48-3-9-17(53)22(58)14(45)32(76-9)42(72)73;;/h7-36,44-45,51-66H,1-6,43H2,(H,46,67)(H,47,68)(H,48,69)(H,49,70)(H,50,71)(H,72,73);;/q-2;;/t7-,8-,9-,10-,11-,12-,13?,14?,15?,16?,17?,18?,19?,20?,21?,22?,23?,24?,25?,26?,27?,28?,29?,30?,31-,32?,33?,34-,35-,36?;;/m1../s1. The first-order chi connectivity index (χ1) is 37.0. The molecule has 0 aromatic heterocycles. The summed E-state index contributed by atoms with van der Waals surface area (Å²) < 4.78 is 32.4. The Labute approximate surface area is 529 Å². The van der Waals surface area contributed by atoms with Crippen LogP contribution in [0.15, 0.2) is 0 Å². The van der Waals surface area contributed by atoms with Gasteiger partial charge in [0.05, 0.1) is 18.3 Å². The first-order valence-electron chi connectivity index (χ1n) is 24.6. The predicted octanol–water partition coefficient (Wildman–Crippen LogP) is -16.2. The van der Waals surface area contributed by atoms with Gasteiger partial charge < -0.3 is 159 Å². The SMILES string of the molecule is [Ac].[Ac].[NH-]C1C(C(=O)O)O[C@H](CNC(=O)[C@@H]2O[C@H](CNC(=O)C3O[C@H](CNC(=O)[C@@H]4O[C@H](CNC(=O)[C@@H]5O[C@H](CNC(=O)C6O[C@H](CN)C(O)C(O)C6O)C(O)C(O)C5[NH-])C(O)C(O)C4O)C(O)C(O)C3O)C(O)C(O)C2O)C(O)C1O. The first kappa shape index (κ1) is 72.2. The van der Waals surface area contributed by atoms with E-state index in [1.165, 1.54) is 0 Å². The second-order valence-electron chi connectivity index (χ2n) is 19.8. The third kappa shape index (κ3) is 16.1. The van der Waals surface area contributed by atoms with Crippen molar-refractivity contribution in [2.24, 2.45) is 5.73 Å². The second-order valence-corrected chi connectivity index (χ2v) is 19.8. The van der Waals surface area contributed by atoms with E-state index in [2.05, 4.69) is 26.6 Å². The van der Waals surface area contributed by atoms with Gasteiger partial charge in [-0.15, -0.1) is 0 Å². The summed E-state index contributed by atoms with van der Waals surface area (Å²) >= 11 is 0. The van der Waals surface area contributed by atoms with Crippen LogP contribution >= 0.6 is 0 Å². The number of amides is 5. The Balaban J connectivity index is 0.00000706. The van der Waals surface area contributed by atoms with Crippen LogP contribution in [0.3, 0.4) is 0 Å². The molecule has 6 heterocycles. The first-order valence-corrected chi connectivity index (χ1v) is 24.6. The van der Waals surface area contributed by atoms with Crippen LogP contribution in [0, 0.1) is 88.1 Å². The van der Waals surface area contributed by atoms with Crippen molar-refractivity contribution in [3.05, 3.63) is 11.5 Å². The number of ether oxygens (including phenoxy) is 6. The maximum absolute atomic E-state index is 13.4. The third-order valence-corrected chi connectivity index (χ3v) is 14.5. The molecular weight excluding hydrogens is 1530 g/mol. The molecule has 6 fully saturated rings. The number of carbonyl (C=O) groups excluding carboxylic acids is 5. The number of aliphatic hydroxyl groups excluding tert-OH is 16. The molecule has 37 nitrogen and oxygen atoms in total. The Morgan fingerprint density at radius 3 is 0.765 bits per heavy atom. The Morgan fingerprint density at radius 2 is 0.506 bits per heavy atom. The van der Waals surface area contributed by atoms with E-state index in [0.29, 0.717) is 0 Å². The molecule has 0 spiro atoms. The van der Waals surface area contributed by atoms with Crippen LogP contribution in [0.2, 0.25) is 0 Å². The van der Waals surface area contributed by atoms with Crippen molar-refractivity contribution >= 4 is 35.5 Å². The summed E-state index contributed by atoms with van der Waals surface area (Å²) in [6.07, 6.45) is -53.7. The third-order valence-electron chi connectivity index (χ3n) is 14.5. The fourth-order valence-corrected chi connectivity index (χ4v) is 9.58. The molecule has 21 unspecified atom stereocenters. The zero-order valence-electron chi connectivity index (χ0n) is 42.3. The number of nitrogens with two attached hydrogens (primary N) is 1. The summed E-state index contributed by atoms with van der Waals surface area (Å²) in [6, 6.07) is -3.69. The van der Waals surface area contributed by atoms with E-state index in [0.717, 1.165) is 0 Å². The topological polar surface area (TPSA) is 635 Å². The van der Waals surface area contributed by atoms with Crippen molar-refractivity contribution in [1.29, 1.82) is 0 Å². The molecule has 0 saturated carbocycles. The van der Waals surface area contributed by atoms with Gasteiger partial charge >= 0.3 is 5.97 Å². The van der Waals surface area contributed by atoms with Crippen LogP contribution in [0.25, 0.3) is 11.5 Å². The van der Waals surface area contributed by atoms with Gasteiger partial charge in [-0.3, -0.25) is 24.0 Å². The van der Waals surface area contributed by atoms with Gasteiger partial charge in [0.2, 0.25) is 5.91 Å². The average molecular weight is 1600 g/mol. The number of rotatable bonds is 17. The van der Waals surface area contributed by atoms with Gasteiger partial charge in [-0.2, -0.15) is 0 Å². The average Bonchev–Trinajstić information content (AvgIpc) is 3.50. The van der Waals surface area contributed by atoms with Crippen LogP contribution in [-0.2, 0) is 57.2 Å². The zero-order chi connectivity index (χ0) is 58.8. The molecule has 6 aliphatic heterocycles. The van der Waals surface area contributed by atoms with Crippen LogP contribution in [0.1, 0.15) is 0 Å². The fraction of sp³-hybridized carbons (Fsp3) is 0.857. The molecule has 0 aromatic carbocycles. The number of hydrogen-bond acceptors (Lipinski definition) is 29. The molecule has 39 heteroatoms. The van der Waals surface area contributed by atoms with Gasteiger partial charge in [0.1, 0.15) is 128 Å². The van der Waals surface area contributed by atoms with Gasteiger partial charge in [0, 0.05) is 127 Å².